The molecule has 3 rings (SSSR count). The highest BCUT2D eigenvalue weighted by molar-refractivity contribution is 8.18. The van der Waals surface area contributed by atoms with Gasteiger partial charge in [0.15, 0.2) is 11.5 Å². The molecule has 0 N–H and O–H groups in total. The zero-order chi connectivity index (χ0) is 20.1. The third-order valence-corrected chi connectivity index (χ3v) is 5.22. The number of thioether (sulfide) groups is 1. The number of nitrogens with zero attached hydrogens (tertiary/aromatic N) is 2. The van der Waals surface area contributed by atoms with Gasteiger partial charge in [0.2, 0.25) is 5.91 Å². The smallest absolute Gasteiger partial charge is 0.294 e. The third kappa shape index (κ3) is 4.48. The van der Waals surface area contributed by atoms with Crippen LogP contribution in [0.25, 0.3) is 6.08 Å². The highest BCUT2D eigenvalue weighted by atomic mass is 32.2. The van der Waals surface area contributed by atoms with E-state index in [1.54, 1.807) is 36.3 Å². The van der Waals surface area contributed by atoms with Crippen molar-refractivity contribution < 1.29 is 28.6 Å². The number of imide groups is 1. The summed E-state index contributed by atoms with van der Waals surface area (Å²) in [6.45, 7) is 3.95. The third-order valence-electron chi connectivity index (χ3n) is 4.32. The molecule has 2 saturated heterocycles. The largest absolute Gasteiger partial charge is 0.493 e. The van der Waals surface area contributed by atoms with Crippen molar-refractivity contribution >= 4 is 34.9 Å². The van der Waals surface area contributed by atoms with E-state index in [4.69, 9.17) is 14.2 Å². The van der Waals surface area contributed by atoms with Gasteiger partial charge < -0.3 is 19.1 Å². The molecule has 0 spiro atoms. The van der Waals surface area contributed by atoms with Gasteiger partial charge >= 0.3 is 0 Å². The van der Waals surface area contributed by atoms with Gasteiger partial charge in [-0.25, -0.2) is 0 Å². The second-order valence-electron chi connectivity index (χ2n) is 6.10. The minimum absolute atomic E-state index is 0.255. The predicted molar refractivity (Wildman–Crippen MR) is 104 cm³/mol. The summed E-state index contributed by atoms with van der Waals surface area (Å²) in [7, 11) is 1.55. The van der Waals surface area contributed by atoms with Crippen molar-refractivity contribution in [2.45, 2.75) is 6.92 Å². The first-order valence-corrected chi connectivity index (χ1v) is 9.77. The lowest BCUT2D eigenvalue weighted by atomic mass is 10.2. The van der Waals surface area contributed by atoms with Crippen molar-refractivity contribution in [2.24, 2.45) is 0 Å². The van der Waals surface area contributed by atoms with Crippen LogP contribution in [0.4, 0.5) is 4.79 Å². The number of morpholine rings is 1. The van der Waals surface area contributed by atoms with Crippen LogP contribution in [0.3, 0.4) is 0 Å². The molecule has 28 heavy (non-hydrogen) atoms. The van der Waals surface area contributed by atoms with E-state index in [0.29, 0.717) is 50.0 Å². The minimum Gasteiger partial charge on any atom is -0.493 e. The quantitative estimate of drug-likeness (QED) is 0.668. The summed E-state index contributed by atoms with van der Waals surface area (Å²) in [5.74, 6) is 0.420. The van der Waals surface area contributed by atoms with E-state index in [0.717, 1.165) is 16.7 Å². The number of methoxy groups -OCH3 is 1. The van der Waals surface area contributed by atoms with E-state index in [1.165, 1.54) is 0 Å². The number of carbonyl (C=O) groups excluding carboxylic acids is 3. The summed E-state index contributed by atoms with van der Waals surface area (Å²) in [5.41, 5.74) is 0.703. The number of rotatable bonds is 6. The molecule has 2 aliphatic rings. The highest BCUT2D eigenvalue weighted by Gasteiger charge is 2.37. The van der Waals surface area contributed by atoms with Gasteiger partial charge in [-0.1, -0.05) is 6.07 Å². The number of ether oxygens (including phenoxy) is 3. The van der Waals surface area contributed by atoms with Crippen molar-refractivity contribution in [3.8, 4) is 11.5 Å². The number of hydrogen-bond donors (Lipinski definition) is 0. The van der Waals surface area contributed by atoms with Crippen molar-refractivity contribution in [2.75, 3.05) is 46.6 Å². The molecule has 0 radical (unpaired) electrons. The zero-order valence-electron chi connectivity index (χ0n) is 15.8. The van der Waals surface area contributed by atoms with Crippen molar-refractivity contribution in [1.82, 2.24) is 9.80 Å². The van der Waals surface area contributed by atoms with Crippen LogP contribution >= 0.6 is 11.8 Å². The van der Waals surface area contributed by atoms with Gasteiger partial charge in [0.1, 0.15) is 6.54 Å². The summed E-state index contributed by atoms with van der Waals surface area (Å²) in [6, 6.07) is 5.26. The molecule has 8 nitrogen and oxygen atoms in total. The van der Waals surface area contributed by atoms with Crippen LogP contribution in [0.1, 0.15) is 12.5 Å². The topological polar surface area (TPSA) is 85.4 Å². The van der Waals surface area contributed by atoms with Crippen molar-refractivity contribution in [3.05, 3.63) is 28.7 Å². The lowest BCUT2D eigenvalue weighted by molar-refractivity contribution is -0.139. The van der Waals surface area contributed by atoms with Gasteiger partial charge in [-0.3, -0.25) is 19.3 Å². The number of hydrogen-bond acceptors (Lipinski definition) is 7. The Hall–Kier alpha value is -2.52. The molecule has 2 aliphatic heterocycles. The van der Waals surface area contributed by atoms with Gasteiger partial charge in [0.05, 0.1) is 31.8 Å². The average molecular weight is 406 g/mol. The summed E-state index contributed by atoms with van der Waals surface area (Å²) in [4.78, 5) is 40.1. The Labute approximate surface area is 167 Å². The van der Waals surface area contributed by atoms with Gasteiger partial charge in [0.25, 0.3) is 11.1 Å². The Morgan fingerprint density at radius 1 is 1.25 bits per heavy atom. The van der Waals surface area contributed by atoms with E-state index in [1.807, 2.05) is 6.92 Å². The molecule has 2 fully saturated rings. The molecule has 150 valence electrons. The fourth-order valence-corrected chi connectivity index (χ4v) is 3.73. The Kier molecular flexibility index (Phi) is 6.58. The monoisotopic (exact) mass is 406 g/mol. The first kappa shape index (κ1) is 20.2. The van der Waals surface area contributed by atoms with E-state index in [-0.39, 0.29) is 17.4 Å². The van der Waals surface area contributed by atoms with Crippen LogP contribution in [0.15, 0.2) is 23.1 Å². The van der Waals surface area contributed by atoms with E-state index in [2.05, 4.69) is 0 Å². The standard InChI is InChI=1S/C19H22N2O6S/c1-3-27-15-10-13(4-5-14(15)25-2)11-16-18(23)21(19(24)28-16)12-17(22)20-6-8-26-9-7-20/h4-5,10-11H,3,6-9,12H2,1-2H3/b16-11+. The fourth-order valence-electron chi connectivity index (χ4n) is 2.89. The van der Waals surface area contributed by atoms with Crippen LogP contribution in [0.5, 0.6) is 11.5 Å². The summed E-state index contributed by atoms with van der Waals surface area (Å²) >= 11 is 0.825. The lowest BCUT2D eigenvalue weighted by Gasteiger charge is -2.28. The highest BCUT2D eigenvalue weighted by Crippen LogP contribution is 2.34. The van der Waals surface area contributed by atoms with Crippen LogP contribution in [-0.4, -0.2) is 73.4 Å². The van der Waals surface area contributed by atoms with Crippen LogP contribution in [-0.2, 0) is 14.3 Å². The van der Waals surface area contributed by atoms with Crippen LogP contribution in [0.2, 0.25) is 0 Å². The Balaban J connectivity index is 1.73. The van der Waals surface area contributed by atoms with Gasteiger partial charge in [-0.05, 0) is 42.5 Å². The second-order valence-corrected chi connectivity index (χ2v) is 7.10. The first-order valence-electron chi connectivity index (χ1n) is 8.95. The Bertz CT molecular complexity index is 804. The molecule has 1 aromatic rings. The molecule has 0 bridgehead atoms. The van der Waals surface area contributed by atoms with E-state index in [9.17, 15) is 14.4 Å². The maximum Gasteiger partial charge on any atom is 0.294 e. The van der Waals surface area contributed by atoms with Gasteiger partial charge in [-0.15, -0.1) is 0 Å². The Morgan fingerprint density at radius 3 is 2.68 bits per heavy atom. The second kappa shape index (κ2) is 9.11. The predicted octanol–water partition coefficient (Wildman–Crippen LogP) is 1.99. The maximum atomic E-state index is 12.6. The zero-order valence-corrected chi connectivity index (χ0v) is 16.6. The number of benzene rings is 1. The molecular formula is C19H22N2O6S. The summed E-state index contributed by atoms with van der Waals surface area (Å²) in [5, 5.41) is -0.448. The maximum absolute atomic E-state index is 12.6. The molecule has 0 atom stereocenters. The molecule has 1 aromatic carbocycles. The summed E-state index contributed by atoms with van der Waals surface area (Å²) < 4.78 is 16.0. The molecule has 0 saturated carbocycles. The molecular weight excluding hydrogens is 384 g/mol. The van der Waals surface area contributed by atoms with Crippen LogP contribution in [0, 0.1) is 0 Å². The number of carbonyl (C=O) groups is 3. The fraction of sp³-hybridized carbons (Fsp3) is 0.421. The van der Waals surface area contributed by atoms with Crippen LogP contribution < -0.4 is 9.47 Å². The Morgan fingerprint density at radius 2 is 2.00 bits per heavy atom. The molecule has 0 aromatic heterocycles. The average Bonchev–Trinajstić information content (AvgIpc) is 2.96. The number of amides is 3. The van der Waals surface area contributed by atoms with Gasteiger partial charge in [0, 0.05) is 13.1 Å². The molecule has 9 heteroatoms. The van der Waals surface area contributed by atoms with E-state index < -0.39 is 11.1 Å². The van der Waals surface area contributed by atoms with Gasteiger partial charge in [-0.2, -0.15) is 0 Å². The van der Waals surface area contributed by atoms with Crippen molar-refractivity contribution in [3.63, 3.8) is 0 Å². The lowest BCUT2D eigenvalue weighted by Crippen LogP contribution is -2.46. The molecule has 0 unspecified atom stereocenters. The normalized spacial score (nSPS) is 18.7. The molecule has 3 amide bonds. The first-order chi connectivity index (χ1) is 13.5. The minimum atomic E-state index is -0.467. The SMILES string of the molecule is CCOc1cc(/C=C2/SC(=O)N(CC(=O)N3CCOCC3)C2=O)ccc1OC. The van der Waals surface area contributed by atoms with Crippen molar-refractivity contribution in [1.29, 1.82) is 0 Å². The summed E-state index contributed by atoms with van der Waals surface area (Å²) in [6.07, 6.45) is 1.62. The molecule has 0 aliphatic carbocycles. The van der Waals surface area contributed by atoms with E-state index >= 15 is 0 Å². The molecule has 2 heterocycles.